The summed E-state index contributed by atoms with van der Waals surface area (Å²) in [7, 11) is 1.97. The number of ether oxygens (including phenoxy) is 1. The summed E-state index contributed by atoms with van der Waals surface area (Å²) in [5.41, 5.74) is 2.16. The Balaban J connectivity index is 2.36. The van der Waals surface area contributed by atoms with Gasteiger partial charge in [-0.2, -0.15) is 0 Å². The smallest absolute Gasteiger partial charge is 0.303 e. The van der Waals surface area contributed by atoms with Crippen molar-refractivity contribution in [2.45, 2.75) is 13.5 Å². The maximum absolute atomic E-state index is 10.7. The molecule has 0 aliphatic rings. The van der Waals surface area contributed by atoms with Crippen LogP contribution in [0, 0.1) is 0 Å². The third-order valence-electron chi connectivity index (χ3n) is 2.47. The fourth-order valence-corrected chi connectivity index (χ4v) is 1.66. The van der Waals surface area contributed by atoms with Crippen molar-refractivity contribution >= 4 is 16.9 Å². The molecule has 0 unspecified atom stereocenters. The van der Waals surface area contributed by atoms with Crippen LogP contribution in [-0.2, 0) is 23.2 Å². The first kappa shape index (κ1) is 9.77. The number of hydrogen-bond donors (Lipinski definition) is 0. The monoisotopic (exact) mass is 203 g/mol. The average Bonchev–Trinajstić information content (AvgIpc) is 2.54. The number of carbonyl (C=O) groups is 1. The molecule has 2 aromatic rings. The number of nitrogens with zero attached hydrogens (tertiary/aromatic N) is 1. The predicted molar refractivity (Wildman–Crippen MR) is 58.4 cm³/mol. The molecule has 0 bridgehead atoms. The van der Waals surface area contributed by atoms with Gasteiger partial charge in [0, 0.05) is 19.5 Å². The minimum Gasteiger partial charge on any atom is -0.459 e. The summed E-state index contributed by atoms with van der Waals surface area (Å²) in [5, 5.41) is 1.17. The van der Waals surface area contributed by atoms with Crippen LogP contribution in [0.15, 0.2) is 30.3 Å². The first-order valence-electron chi connectivity index (χ1n) is 4.85. The molecule has 2 rings (SSSR count). The van der Waals surface area contributed by atoms with E-state index < -0.39 is 0 Å². The van der Waals surface area contributed by atoms with Crippen LogP contribution in [-0.4, -0.2) is 10.5 Å². The van der Waals surface area contributed by atoms with Gasteiger partial charge in [0.1, 0.15) is 6.61 Å². The van der Waals surface area contributed by atoms with E-state index in [1.165, 1.54) is 12.3 Å². The second-order valence-electron chi connectivity index (χ2n) is 3.53. The zero-order valence-corrected chi connectivity index (χ0v) is 8.86. The SMILES string of the molecule is CC(=O)OCc1cc2ccccc2n1C. The molecule has 15 heavy (non-hydrogen) atoms. The fraction of sp³-hybridized carbons (Fsp3) is 0.250. The molecule has 0 atom stereocenters. The summed E-state index contributed by atoms with van der Waals surface area (Å²) in [6.45, 7) is 1.75. The lowest BCUT2D eigenvalue weighted by Crippen LogP contribution is -2.02. The summed E-state index contributed by atoms with van der Waals surface area (Å²) in [5.74, 6) is -0.250. The van der Waals surface area contributed by atoms with Crippen molar-refractivity contribution in [3.8, 4) is 0 Å². The molecule has 0 spiro atoms. The lowest BCUT2D eigenvalue weighted by atomic mass is 10.2. The highest BCUT2D eigenvalue weighted by molar-refractivity contribution is 5.81. The predicted octanol–water partition coefficient (Wildman–Crippen LogP) is 2.24. The van der Waals surface area contributed by atoms with Crippen LogP contribution in [0.5, 0.6) is 0 Å². The number of aryl methyl sites for hydroxylation is 1. The van der Waals surface area contributed by atoms with Gasteiger partial charge in [0.25, 0.3) is 0 Å². The van der Waals surface area contributed by atoms with E-state index in [2.05, 4.69) is 0 Å². The van der Waals surface area contributed by atoms with Gasteiger partial charge in [0.15, 0.2) is 0 Å². The number of esters is 1. The third-order valence-corrected chi connectivity index (χ3v) is 2.47. The summed E-state index contributed by atoms with van der Waals surface area (Å²) in [6.07, 6.45) is 0. The molecule has 0 radical (unpaired) electrons. The Morgan fingerprint density at radius 3 is 2.80 bits per heavy atom. The number of hydrogen-bond acceptors (Lipinski definition) is 2. The molecule has 0 amide bonds. The molecule has 0 N–H and O–H groups in total. The van der Waals surface area contributed by atoms with Crippen LogP contribution in [0.4, 0.5) is 0 Å². The van der Waals surface area contributed by atoms with Gasteiger partial charge in [-0.3, -0.25) is 4.79 Å². The first-order valence-corrected chi connectivity index (χ1v) is 4.85. The van der Waals surface area contributed by atoms with Crippen LogP contribution in [0.3, 0.4) is 0 Å². The van der Waals surface area contributed by atoms with E-state index in [4.69, 9.17) is 4.74 Å². The molecule has 1 aromatic heterocycles. The van der Waals surface area contributed by atoms with Crippen molar-refractivity contribution in [2.75, 3.05) is 0 Å². The van der Waals surface area contributed by atoms with Crippen molar-refractivity contribution in [1.82, 2.24) is 4.57 Å². The van der Waals surface area contributed by atoms with Crippen molar-refractivity contribution in [3.63, 3.8) is 0 Å². The fourth-order valence-electron chi connectivity index (χ4n) is 1.66. The number of rotatable bonds is 2. The number of benzene rings is 1. The van der Waals surface area contributed by atoms with Gasteiger partial charge in [-0.1, -0.05) is 18.2 Å². The minimum atomic E-state index is -0.250. The van der Waals surface area contributed by atoms with Gasteiger partial charge in [0.2, 0.25) is 0 Å². The van der Waals surface area contributed by atoms with Crippen LogP contribution in [0.2, 0.25) is 0 Å². The third kappa shape index (κ3) is 1.86. The Bertz CT molecular complexity index is 499. The molecule has 3 nitrogen and oxygen atoms in total. The summed E-state index contributed by atoms with van der Waals surface area (Å²) >= 11 is 0. The lowest BCUT2D eigenvalue weighted by molar-refractivity contribution is -0.142. The highest BCUT2D eigenvalue weighted by atomic mass is 16.5. The van der Waals surface area contributed by atoms with Crippen molar-refractivity contribution in [3.05, 3.63) is 36.0 Å². The second-order valence-corrected chi connectivity index (χ2v) is 3.53. The Kier molecular flexibility index (Phi) is 2.46. The van der Waals surface area contributed by atoms with E-state index in [1.807, 2.05) is 41.9 Å². The maximum atomic E-state index is 10.7. The van der Waals surface area contributed by atoms with E-state index in [0.29, 0.717) is 6.61 Å². The number of aromatic nitrogens is 1. The van der Waals surface area contributed by atoms with Crippen LogP contribution >= 0.6 is 0 Å². The van der Waals surface area contributed by atoms with E-state index in [9.17, 15) is 4.79 Å². The first-order chi connectivity index (χ1) is 7.18. The van der Waals surface area contributed by atoms with Crippen LogP contribution in [0.1, 0.15) is 12.6 Å². The van der Waals surface area contributed by atoms with E-state index in [-0.39, 0.29) is 5.97 Å². The summed E-state index contributed by atoms with van der Waals surface area (Å²) in [4.78, 5) is 10.7. The molecule has 1 aromatic carbocycles. The summed E-state index contributed by atoms with van der Waals surface area (Å²) < 4.78 is 7.02. The van der Waals surface area contributed by atoms with E-state index in [0.717, 1.165) is 11.2 Å². The van der Waals surface area contributed by atoms with Gasteiger partial charge in [-0.15, -0.1) is 0 Å². The van der Waals surface area contributed by atoms with Crippen LogP contribution in [0.25, 0.3) is 10.9 Å². The highest BCUT2D eigenvalue weighted by Gasteiger charge is 2.05. The maximum Gasteiger partial charge on any atom is 0.303 e. The second kappa shape index (κ2) is 3.77. The Labute approximate surface area is 88.3 Å². The molecule has 78 valence electrons. The Hall–Kier alpha value is -1.77. The van der Waals surface area contributed by atoms with Gasteiger partial charge < -0.3 is 9.30 Å². The molecule has 0 aliphatic heterocycles. The zero-order valence-electron chi connectivity index (χ0n) is 8.86. The van der Waals surface area contributed by atoms with Crippen molar-refractivity contribution in [1.29, 1.82) is 0 Å². The largest absolute Gasteiger partial charge is 0.459 e. The standard InChI is InChI=1S/C12H13NO2/c1-9(14)15-8-11-7-10-5-3-4-6-12(10)13(11)2/h3-7H,8H2,1-2H3. The normalized spacial score (nSPS) is 10.5. The van der Waals surface area contributed by atoms with Crippen molar-refractivity contribution < 1.29 is 9.53 Å². The zero-order chi connectivity index (χ0) is 10.8. The van der Waals surface area contributed by atoms with Gasteiger partial charge >= 0.3 is 5.97 Å². The molecule has 0 aliphatic carbocycles. The minimum absolute atomic E-state index is 0.250. The van der Waals surface area contributed by atoms with E-state index >= 15 is 0 Å². The molecular weight excluding hydrogens is 190 g/mol. The number of para-hydroxylation sites is 1. The molecule has 3 heteroatoms. The van der Waals surface area contributed by atoms with Crippen molar-refractivity contribution in [2.24, 2.45) is 7.05 Å². The molecule has 0 fully saturated rings. The topological polar surface area (TPSA) is 31.2 Å². The molecular formula is C12H13NO2. The van der Waals surface area contributed by atoms with Gasteiger partial charge in [0.05, 0.1) is 5.69 Å². The molecule has 0 saturated carbocycles. The van der Waals surface area contributed by atoms with Crippen LogP contribution < -0.4 is 0 Å². The molecule has 1 heterocycles. The highest BCUT2D eigenvalue weighted by Crippen LogP contribution is 2.18. The number of carbonyl (C=O) groups excluding carboxylic acids is 1. The lowest BCUT2D eigenvalue weighted by Gasteiger charge is -2.03. The average molecular weight is 203 g/mol. The quantitative estimate of drug-likeness (QED) is 0.701. The Morgan fingerprint density at radius 1 is 1.40 bits per heavy atom. The van der Waals surface area contributed by atoms with E-state index in [1.54, 1.807) is 0 Å². The summed E-state index contributed by atoms with van der Waals surface area (Å²) in [6, 6.07) is 10.1. The van der Waals surface area contributed by atoms with Gasteiger partial charge in [-0.25, -0.2) is 0 Å². The Morgan fingerprint density at radius 2 is 2.13 bits per heavy atom. The van der Waals surface area contributed by atoms with Gasteiger partial charge in [-0.05, 0) is 17.5 Å². The number of fused-ring (bicyclic) bond motifs is 1. The molecule has 0 saturated heterocycles.